The third kappa shape index (κ3) is 9.37. The summed E-state index contributed by atoms with van der Waals surface area (Å²) in [6, 6.07) is 2.90. The number of hydrogen-bond donors (Lipinski definition) is 2. The minimum atomic E-state index is -2.98. The van der Waals surface area contributed by atoms with E-state index in [1.807, 2.05) is 0 Å². The normalized spacial score (nSPS) is 16.3. The first-order valence-corrected chi connectivity index (χ1v) is 9.82. The highest BCUT2D eigenvalue weighted by molar-refractivity contribution is 14.0. The Labute approximate surface area is 197 Å². The SMILES string of the molecule is CN=C(NCc1cc(Cl)cc(Cl)c1OC(F)F)NCC(C)CN1CCOCC1.I. The lowest BCUT2D eigenvalue weighted by Gasteiger charge is -2.29. The summed E-state index contributed by atoms with van der Waals surface area (Å²) in [6.45, 7) is 4.47. The molecule has 1 fully saturated rings. The molecule has 0 spiro atoms. The molecule has 0 amide bonds. The van der Waals surface area contributed by atoms with Crippen molar-refractivity contribution < 1.29 is 18.3 Å². The van der Waals surface area contributed by atoms with Crippen LogP contribution < -0.4 is 15.4 Å². The van der Waals surface area contributed by atoms with Crippen LogP contribution in [0.15, 0.2) is 17.1 Å². The fourth-order valence-electron chi connectivity index (χ4n) is 2.93. The van der Waals surface area contributed by atoms with Crippen molar-refractivity contribution in [2.45, 2.75) is 20.1 Å². The van der Waals surface area contributed by atoms with E-state index < -0.39 is 6.61 Å². The van der Waals surface area contributed by atoms with Gasteiger partial charge in [-0.05, 0) is 18.1 Å². The molecule has 11 heteroatoms. The van der Waals surface area contributed by atoms with Crippen molar-refractivity contribution in [1.82, 2.24) is 15.5 Å². The van der Waals surface area contributed by atoms with Gasteiger partial charge in [-0.15, -0.1) is 24.0 Å². The average Bonchev–Trinajstić information content (AvgIpc) is 2.65. The molecule has 1 heterocycles. The van der Waals surface area contributed by atoms with Crippen LogP contribution in [0.25, 0.3) is 0 Å². The zero-order valence-corrected chi connectivity index (χ0v) is 20.2. The van der Waals surface area contributed by atoms with E-state index in [2.05, 4.69) is 32.2 Å². The van der Waals surface area contributed by atoms with E-state index in [-0.39, 0.29) is 41.3 Å². The molecule has 1 saturated heterocycles. The van der Waals surface area contributed by atoms with Gasteiger partial charge in [-0.3, -0.25) is 9.89 Å². The Morgan fingerprint density at radius 1 is 1.28 bits per heavy atom. The van der Waals surface area contributed by atoms with Gasteiger partial charge in [-0.1, -0.05) is 30.1 Å². The van der Waals surface area contributed by atoms with Gasteiger partial charge in [-0.2, -0.15) is 8.78 Å². The molecule has 2 rings (SSSR count). The molecule has 1 aliphatic rings. The summed E-state index contributed by atoms with van der Waals surface area (Å²) >= 11 is 12.0. The van der Waals surface area contributed by atoms with Gasteiger partial charge in [-0.25, -0.2) is 0 Å². The molecule has 1 atom stereocenters. The molecule has 166 valence electrons. The van der Waals surface area contributed by atoms with E-state index in [0.717, 1.165) is 32.8 Å². The molecule has 0 aliphatic carbocycles. The van der Waals surface area contributed by atoms with Crippen LogP contribution in [0.4, 0.5) is 8.78 Å². The number of ether oxygens (including phenoxy) is 2. The Morgan fingerprint density at radius 3 is 2.59 bits per heavy atom. The number of morpholine rings is 1. The zero-order valence-electron chi connectivity index (χ0n) is 16.4. The van der Waals surface area contributed by atoms with Crippen molar-refractivity contribution in [2.75, 3.05) is 46.4 Å². The highest BCUT2D eigenvalue weighted by Crippen LogP contribution is 2.33. The number of nitrogens with zero attached hydrogens (tertiary/aromatic N) is 2. The van der Waals surface area contributed by atoms with Crippen molar-refractivity contribution in [1.29, 1.82) is 0 Å². The van der Waals surface area contributed by atoms with Gasteiger partial charge in [0.25, 0.3) is 0 Å². The molecule has 1 aliphatic heterocycles. The molecule has 1 aromatic rings. The Bertz CT molecular complexity index is 665. The summed E-state index contributed by atoms with van der Waals surface area (Å²) in [5.41, 5.74) is 0.419. The number of benzene rings is 1. The van der Waals surface area contributed by atoms with Crippen LogP contribution in [0.2, 0.25) is 10.0 Å². The lowest BCUT2D eigenvalue weighted by atomic mass is 10.1. The molecule has 6 nitrogen and oxygen atoms in total. The van der Waals surface area contributed by atoms with Crippen LogP contribution in [0.1, 0.15) is 12.5 Å². The summed E-state index contributed by atoms with van der Waals surface area (Å²) in [5, 5.41) is 6.69. The van der Waals surface area contributed by atoms with E-state index in [0.29, 0.717) is 29.0 Å². The van der Waals surface area contributed by atoms with Gasteiger partial charge >= 0.3 is 6.61 Å². The summed E-state index contributed by atoms with van der Waals surface area (Å²) < 4.78 is 35.2. The maximum absolute atomic E-state index is 12.7. The predicted molar refractivity (Wildman–Crippen MR) is 123 cm³/mol. The summed E-state index contributed by atoms with van der Waals surface area (Å²) in [6.07, 6.45) is 0. The van der Waals surface area contributed by atoms with E-state index in [4.69, 9.17) is 27.9 Å². The zero-order chi connectivity index (χ0) is 20.5. The smallest absolute Gasteiger partial charge is 0.387 e. The van der Waals surface area contributed by atoms with Crippen molar-refractivity contribution in [3.05, 3.63) is 27.7 Å². The second kappa shape index (κ2) is 13.6. The van der Waals surface area contributed by atoms with Crippen molar-refractivity contribution >= 4 is 53.1 Å². The molecule has 0 aromatic heterocycles. The number of rotatable bonds is 8. The Morgan fingerprint density at radius 2 is 1.97 bits per heavy atom. The Hall–Kier alpha value is -0.620. The lowest BCUT2D eigenvalue weighted by molar-refractivity contribution is -0.0504. The average molecular weight is 567 g/mol. The Kier molecular flexibility index (Phi) is 12.4. The van der Waals surface area contributed by atoms with Crippen LogP contribution in [-0.2, 0) is 11.3 Å². The van der Waals surface area contributed by atoms with Gasteiger partial charge in [0.05, 0.1) is 18.2 Å². The first kappa shape index (κ1) is 26.4. The highest BCUT2D eigenvalue weighted by atomic mass is 127. The van der Waals surface area contributed by atoms with Crippen molar-refractivity contribution in [2.24, 2.45) is 10.9 Å². The molecule has 1 aromatic carbocycles. The van der Waals surface area contributed by atoms with Crippen LogP contribution >= 0.6 is 47.2 Å². The number of nitrogens with one attached hydrogen (secondary N) is 2. The maximum atomic E-state index is 12.7. The minimum Gasteiger partial charge on any atom is -0.433 e. The molecule has 2 N–H and O–H groups in total. The van der Waals surface area contributed by atoms with Crippen LogP contribution in [0, 0.1) is 5.92 Å². The van der Waals surface area contributed by atoms with E-state index in [1.165, 1.54) is 12.1 Å². The monoisotopic (exact) mass is 566 g/mol. The molecule has 0 bridgehead atoms. The molecule has 1 unspecified atom stereocenters. The van der Waals surface area contributed by atoms with E-state index in [1.54, 1.807) is 7.05 Å². The molecule has 29 heavy (non-hydrogen) atoms. The fourth-order valence-corrected chi connectivity index (χ4v) is 3.51. The number of aliphatic imine (C=N–C) groups is 1. The van der Waals surface area contributed by atoms with Crippen LogP contribution in [0.3, 0.4) is 0 Å². The third-order valence-electron chi connectivity index (χ3n) is 4.25. The van der Waals surface area contributed by atoms with Crippen LogP contribution in [-0.4, -0.2) is 63.9 Å². The fraction of sp³-hybridized carbons (Fsp3) is 0.611. The van der Waals surface area contributed by atoms with Gasteiger partial charge in [0.1, 0.15) is 5.75 Å². The first-order valence-electron chi connectivity index (χ1n) is 9.06. The van der Waals surface area contributed by atoms with Crippen molar-refractivity contribution in [3.8, 4) is 5.75 Å². The molecular formula is C18H27Cl2F2IN4O2. The summed E-state index contributed by atoms with van der Waals surface area (Å²) in [5.74, 6) is 0.854. The third-order valence-corrected chi connectivity index (χ3v) is 4.75. The topological polar surface area (TPSA) is 58.1 Å². The predicted octanol–water partition coefficient (Wildman–Crippen LogP) is 3.85. The molecule has 0 saturated carbocycles. The van der Waals surface area contributed by atoms with Gasteiger partial charge in [0.15, 0.2) is 5.96 Å². The van der Waals surface area contributed by atoms with Gasteiger partial charge in [0, 0.05) is 50.4 Å². The lowest BCUT2D eigenvalue weighted by Crippen LogP contribution is -2.43. The number of guanidine groups is 1. The van der Waals surface area contributed by atoms with Crippen LogP contribution in [0.5, 0.6) is 5.75 Å². The largest absolute Gasteiger partial charge is 0.433 e. The quantitative estimate of drug-likeness (QED) is 0.284. The molecule has 0 radical (unpaired) electrons. The minimum absolute atomic E-state index is 0. The van der Waals surface area contributed by atoms with Gasteiger partial charge in [0.2, 0.25) is 0 Å². The Balaban J connectivity index is 0.00000420. The number of hydrogen-bond acceptors (Lipinski definition) is 4. The summed E-state index contributed by atoms with van der Waals surface area (Å²) in [4.78, 5) is 6.53. The van der Waals surface area contributed by atoms with Crippen molar-refractivity contribution in [3.63, 3.8) is 0 Å². The maximum Gasteiger partial charge on any atom is 0.387 e. The number of alkyl halides is 2. The second-order valence-electron chi connectivity index (χ2n) is 6.58. The first-order chi connectivity index (χ1) is 13.4. The molecular weight excluding hydrogens is 540 g/mol. The standard InChI is InChI=1S/C18H26Cl2F2N4O2.HI/c1-12(11-26-3-5-27-6-4-26)9-24-18(23-2)25-10-13-7-14(19)8-15(20)16(13)28-17(21)22;/h7-8,12,17H,3-6,9-11H2,1-2H3,(H2,23,24,25);1H. The highest BCUT2D eigenvalue weighted by Gasteiger charge is 2.16. The van der Waals surface area contributed by atoms with E-state index in [9.17, 15) is 8.78 Å². The van der Waals surface area contributed by atoms with E-state index >= 15 is 0 Å². The van der Waals surface area contributed by atoms with Gasteiger partial charge < -0.3 is 20.1 Å². The second-order valence-corrected chi connectivity index (χ2v) is 7.42. The summed E-state index contributed by atoms with van der Waals surface area (Å²) in [7, 11) is 1.64. The number of halogens is 5.